The zero-order chi connectivity index (χ0) is 24.2. The number of nitrogen functional groups attached to an aromatic ring is 1. The summed E-state index contributed by atoms with van der Waals surface area (Å²) in [5.74, 6) is 4.38. The molecule has 0 spiro atoms. The Bertz CT molecular complexity index is 1370. The number of nitrogens with two attached hydrogens (primary N) is 2. The molecule has 34 heavy (non-hydrogen) atoms. The summed E-state index contributed by atoms with van der Waals surface area (Å²) in [7, 11) is 0. The highest BCUT2D eigenvalue weighted by atomic mass is 35.5. The number of rotatable bonds is 6. The molecule has 4 aromatic rings. The maximum Gasteiger partial charge on any atom is 0.274 e. The number of nitrogens with zero attached hydrogens (tertiary/aromatic N) is 3. The Labute approximate surface area is 204 Å². The molecule has 2 aromatic heterocycles. The average Bonchev–Trinajstić information content (AvgIpc) is 3.30. The van der Waals surface area contributed by atoms with Gasteiger partial charge in [-0.15, -0.1) is 0 Å². The van der Waals surface area contributed by atoms with Crippen LogP contribution in [0.4, 0.5) is 5.69 Å². The monoisotopic (exact) mass is 495 g/mol. The minimum atomic E-state index is -0.640. The van der Waals surface area contributed by atoms with E-state index >= 15 is 0 Å². The summed E-state index contributed by atoms with van der Waals surface area (Å²) in [6, 6.07) is 17.2. The summed E-state index contributed by atoms with van der Waals surface area (Å²) < 4.78 is 1.35. The summed E-state index contributed by atoms with van der Waals surface area (Å²) in [5, 5.41) is 7.90. The smallest absolute Gasteiger partial charge is 0.274 e. The zero-order valence-corrected chi connectivity index (χ0v) is 19.1. The number of pyridine rings is 1. The van der Waals surface area contributed by atoms with Crippen molar-refractivity contribution in [3.05, 3.63) is 93.7 Å². The fourth-order valence-electron chi connectivity index (χ4n) is 3.39. The van der Waals surface area contributed by atoms with Crippen LogP contribution in [-0.2, 0) is 6.54 Å². The van der Waals surface area contributed by atoms with Crippen LogP contribution in [0.5, 0.6) is 0 Å². The Morgan fingerprint density at radius 3 is 2.44 bits per heavy atom. The van der Waals surface area contributed by atoms with E-state index in [1.54, 1.807) is 30.5 Å². The predicted molar refractivity (Wildman–Crippen MR) is 131 cm³/mol. The Balaban J connectivity index is 1.84. The molecule has 0 aliphatic carbocycles. The molecule has 0 saturated carbocycles. The van der Waals surface area contributed by atoms with Gasteiger partial charge in [-0.25, -0.2) is 15.5 Å². The van der Waals surface area contributed by atoms with Crippen molar-refractivity contribution in [2.45, 2.75) is 6.54 Å². The van der Waals surface area contributed by atoms with Crippen LogP contribution in [0.2, 0.25) is 10.0 Å². The second-order valence-corrected chi connectivity index (χ2v) is 7.96. The molecule has 0 saturated heterocycles. The number of nitrogens with one attached hydrogen (secondary N) is 2. The van der Waals surface area contributed by atoms with Gasteiger partial charge in [0.1, 0.15) is 5.69 Å². The van der Waals surface area contributed by atoms with E-state index in [1.165, 1.54) is 10.7 Å². The van der Waals surface area contributed by atoms with Crippen LogP contribution in [0.3, 0.4) is 0 Å². The zero-order valence-electron chi connectivity index (χ0n) is 17.6. The Kier molecular flexibility index (Phi) is 6.90. The van der Waals surface area contributed by atoms with Crippen LogP contribution in [0, 0.1) is 0 Å². The van der Waals surface area contributed by atoms with Crippen molar-refractivity contribution in [1.82, 2.24) is 20.2 Å². The number of carbonyl (C=O) groups excluding carboxylic acids is 2. The van der Waals surface area contributed by atoms with Gasteiger partial charge < -0.3 is 11.1 Å². The van der Waals surface area contributed by atoms with E-state index in [-0.39, 0.29) is 34.3 Å². The molecule has 0 bridgehead atoms. The standard InChI is InChI=1S/C23H19Cl2N7O2/c24-15-9-14(12-26)20(16(10-15)22(33)30-27)29-23(34)19-11-18(13-5-2-1-3-6-13)31-32(19)21-17(25)7-4-8-28-21/h1-11H,12,26-27H2,(H,29,34)(H,30,33). The first-order valence-corrected chi connectivity index (χ1v) is 10.8. The summed E-state index contributed by atoms with van der Waals surface area (Å²) in [6.45, 7) is 0.0155. The second-order valence-electron chi connectivity index (χ2n) is 7.12. The molecule has 0 aliphatic rings. The molecular formula is C23H19Cl2N7O2. The highest BCUT2D eigenvalue weighted by molar-refractivity contribution is 6.32. The minimum Gasteiger partial charge on any atom is -0.326 e. The third-order valence-electron chi connectivity index (χ3n) is 4.97. The second kappa shape index (κ2) is 10.0. The van der Waals surface area contributed by atoms with Gasteiger partial charge >= 0.3 is 0 Å². The van der Waals surface area contributed by atoms with Gasteiger partial charge in [0.15, 0.2) is 5.82 Å². The van der Waals surface area contributed by atoms with E-state index in [2.05, 4.69) is 15.4 Å². The molecule has 11 heteroatoms. The van der Waals surface area contributed by atoms with Crippen molar-refractivity contribution in [2.75, 3.05) is 5.32 Å². The van der Waals surface area contributed by atoms with Gasteiger partial charge in [-0.3, -0.25) is 15.0 Å². The molecule has 0 fully saturated rings. The predicted octanol–water partition coefficient (Wildman–Crippen LogP) is 3.56. The molecule has 0 unspecified atom stereocenters. The molecule has 2 heterocycles. The fraction of sp³-hybridized carbons (Fsp3) is 0.0435. The maximum absolute atomic E-state index is 13.5. The van der Waals surface area contributed by atoms with Crippen molar-refractivity contribution in [1.29, 1.82) is 0 Å². The largest absolute Gasteiger partial charge is 0.326 e. The van der Waals surface area contributed by atoms with Gasteiger partial charge in [0.05, 0.1) is 22.0 Å². The Hall–Kier alpha value is -3.76. The molecule has 9 nitrogen and oxygen atoms in total. The molecule has 4 rings (SSSR count). The molecule has 172 valence electrons. The topological polar surface area (TPSA) is 141 Å². The van der Waals surface area contributed by atoms with E-state index in [1.807, 2.05) is 35.8 Å². The Morgan fingerprint density at radius 2 is 1.76 bits per heavy atom. The summed E-state index contributed by atoms with van der Waals surface area (Å²) in [6.07, 6.45) is 1.54. The number of amides is 2. The van der Waals surface area contributed by atoms with Crippen LogP contribution in [0.15, 0.2) is 66.9 Å². The van der Waals surface area contributed by atoms with Gasteiger partial charge in [0.2, 0.25) is 0 Å². The normalized spacial score (nSPS) is 10.7. The number of halogens is 2. The maximum atomic E-state index is 13.5. The summed E-state index contributed by atoms with van der Waals surface area (Å²) in [5.41, 5.74) is 10.0. The van der Waals surface area contributed by atoms with E-state index < -0.39 is 11.8 Å². The SMILES string of the molecule is NCc1cc(Cl)cc(C(=O)NN)c1NC(=O)c1cc(-c2ccccc2)nn1-c1ncccc1Cl. The van der Waals surface area contributed by atoms with Gasteiger partial charge in [0.25, 0.3) is 11.8 Å². The average molecular weight is 496 g/mol. The fourth-order valence-corrected chi connectivity index (χ4v) is 3.84. The third-order valence-corrected chi connectivity index (χ3v) is 5.48. The van der Waals surface area contributed by atoms with Crippen LogP contribution in [0.25, 0.3) is 17.1 Å². The Morgan fingerprint density at radius 1 is 1.00 bits per heavy atom. The molecular weight excluding hydrogens is 477 g/mol. The van der Waals surface area contributed by atoms with Gasteiger partial charge in [-0.05, 0) is 35.9 Å². The van der Waals surface area contributed by atoms with Crippen LogP contribution < -0.4 is 22.3 Å². The number of benzene rings is 2. The highest BCUT2D eigenvalue weighted by Crippen LogP contribution is 2.29. The number of carbonyl (C=O) groups is 2. The lowest BCUT2D eigenvalue weighted by atomic mass is 10.1. The van der Waals surface area contributed by atoms with Crippen molar-refractivity contribution < 1.29 is 9.59 Å². The summed E-state index contributed by atoms with van der Waals surface area (Å²) in [4.78, 5) is 30.1. The van der Waals surface area contributed by atoms with E-state index in [0.717, 1.165) is 5.56 Å². The number of hydrogen-bond donors (Lipinski definition) is 4. The van der Waals surface area contributed by atoms with Gasteiger partial charge in [-0.1, -0.05) is 53.5 Å². The number of aromatic nitrogens is 3. The summed E-state index contributed by atoms with van der Waals surface area (Å²) >= 11 is 12.5. The number of hydrogen-bond acceptors (Lipinski definition) is 6. The first-order chi connectivity index (χ1) is 16.4. The van der Waals surface area contributed by atoms with Gasteiger partial charge in [-0.2, -0.15) is 5.10 Å². The molecule has 0 aliphatic heterocycles. The molecule has 2 aromatic carbocycles. The lowest BCUT2D eigenvalue weighted by Gasteiger charge is -2.15. The first-order valence-electron chi connectivity index (χ1n) is 10.0. The van der Waals surface area contributed by atoms with Crippen molar-refractivity contribution in [2.24, 2.45) is 11.6 Å². The molecule has 0 radical (unpaired) electrons. The minimum absolute atomic E-state index is 0.0155. The van der Waals surface area contributed by atoms with E-state index in [0.29, 0.717) is 16.3 Å². The lowest BCUT2D eigenvalue weighted by molar-refractivity contribution is 0.0954. The first kappa shape index (κ1) is 23.4. The van der Waals surface area contributed by atoms with Crippen LogP contribution in [0.1, 0.15) is 26.4 Å². The number of hydrazine groups is 1. The number of anilines is 1. The lowest BCUT2D eigenvalue weighted by Crippen LogP contribution is -2.31. The van der Waals surface area contributed by atoms with Crippen LogP contribution in [-0.4, -0.2) is 26.6 Å². The highest BCUT2D eigenvalue weighted by Gasteiger charge is 2.23. The van der Waals surface area contributed by atoms with E-state index in [4.69, 9.17) is 34.8 Å². The van der Waals surface area contributed by atoms with Crippen molar-refractivity contribution in [3.8, 4) is 17.1 Å². The van der Waals surface area contributed by atoms with Gasteiger partial charge in [0, 0.05) is 23.3 Å². The van der Waals surface area contributed by atoms with Crippen molar-refractivity contribution >= 4 is 40.7 Å². The van der Waals surface area contributed by atoms with Crippen LogP contribution >= 0.6 is 23.2 Å². The quantitative estimate of drug-likeness (QED) is 0.183. The van der Waals surface area contributed by atoms with Crippen molar-refractivity contribution in [3.63, 3.8) is 0 Å². The third kappa shape index (κ3) is 4.63. The molecule has 0 atom stereocenters. The molecule has 6 N–H and O–H groups in total. The van der Waals surface area contributed by atoms with E-state index in [9.17, 15) is 9.59 Å². The molecule has 2 amide bonds.